The van der Waals surface area contributed by atoms with Crippen molar-refractivity contribution in [1.29, 1.82) is 0 Å². The van der Waals surface area contributed by atoms with Gasteiger partial charge in [0, 0.05) is 32.7 Å². The second-order valence-electron chi connectivity index (χ2n) is 7.36. The molecule has 0 radical (unpaired) electrons. The molecule has 6 heteroatoms. The highest BCUT2D eigenvalue weighted by Gasteiger charge is 2.19. The standard InChI is InChI=1S/C22H30N2O3S/c1-20-9-11-22(12-10-20)28(25,26)27-19-18-24-16-14-23(15-17-24)13-5-8-21-6-3-2-4-7-21/h2-4,6-7,9-12H,5,8,13-19H2,1H3. The molecule has 1 saturated heterocycles. The van der Waals surface area contributed by atoms with Gasteiger partial charge in [0.1, 0.15) is 0 Å². The molecule has 0 N–H and O–H groups in total. The van der Waals surface area contributed by atoms with Gasteiger partial charge >= 0.3 is 0 Å². The summed E-state index contributed by atoms with van der Waals surface area (Å²) in [6, 6.07) is 17.4. The van der Waals surface area contributed by atoms with E-state index in [-0.39, 0.29) is 11.5 Å². The highest BCUT2D eigenvalue weighted by atomic mass is 32.2. The molecule has 0 amide bonds. The molecule has 0 bridgehead atoms. The molecule has 0 saturated carbocycles. The Morgan fingerprint density at radius 2 is 1.46 bits per heavy atom. The highest BCUT2D eigenvalue weighted by Crippen LogP contribution is 2.13. The lowest BCUT2D eigenvalue weighted by molar-refractivity contribution is 0.117. The van der Waals surface area contributed by atoms with Gasteiger partial charge in [-0.3, -0.25) is 9.08 Å². The zero-order valence-electron chi connectivity index (χ0n) is 16.6. The Bertz CT molecular complexity index is 815. The van der Waals surface area contributed by atoms with Gasteiger partial charge < -0.3 is 4.90 Å². The molecule has 1 heterocycles. The maximum Gasteiger partial charge on any atom is 0.297 e. The first-order valence-corrected chi connectivity index (χ1v) is 11.4. The van der Waals surface area contributed by atoms with Crippen molar-refractivity contribution in [2.45, 2.75) is 24.7 Å². The SMILES string of the molecule is Cc1ccc(S(=O)(=O)OCCN2CCN(CCCc3ccccc3)CC2)cc1. The summed E-state index contributed by atoms with van der Waals surface area (Å²) < 4.78 is 29.7. The van der Waals surface area contributed by atoms with Crippen LogP contribution < -0.4 is 0 Å². The average molecular weight is 403 g/mol. The summed E-state index contributed by atoms with van der Waals surface area (Å²) in [5.74, 6) is 0. The Hall–Kier alpha value is -1.73. The first kappa shape index (κ1) is 21.0. The molecule has 0 aliphatic carbocycles. The number of aryl methyl sites for hydroxylation is 2. The van der Waals surface area contributed by atoms with Crippen LogP contribution in [0.3, 0.4) is 0 Å². The van der Waals surface area contributed by atoms with Crippen LogP contribution in [0, 0.1) is 6.92 Å². The van der Waals surface area contributed by atoms with E-state index in [1.165, 1.54) is 12.0 Å². The third-order valence-corrected chi connectivity index (χ3v) is 6.53. The summed E-state index contributed by atoms with van der Waals surface area (Å²) in [4.78, 5) is 4.99. The number of rotatable bonds is 9. The number of hydrogen-bond acceptors (Lipinski definition) is 5. The van der Waals surface area contributed by atoms with Gasteiger partial charge in [0.05, 0.1) is 11.5 Å². The topological polar surface area (TPSA) is 49.9 Å². The van der Waals surface area contributed by atoms with E-state index in [9.17, 15) is 8.42 Å². The van der Waals surface area contributed by atoms with Crippen LogP contribution in [-0.4, -0.2) is 64.1 Å². The Balaban J connectivity index is 1.32. The van der Waals surface area contributed by atoms with Crippen molar-refractivity contribution < 1.29 is 12.6 Å². The van der Waals surface area contributed by atoms with E-state index in [1.54, 1.807) is 24.3 Å². The van der Waals surface area contributed by atoms with Crippen LogP contribution in [0.4, 0.5) is 0 Å². The molecule has 1 aliphatic rings. The molecule has 2 aromatic rings. The molecule has 1 fully saturated rings. The van der Waals surface area contributed by atoms with Gasteiger partial charge in [-0.25, -0.2) is 0 Å². The third-order valence-electron chi connectivity index (χ3n) is 5.20. The Morgan fingerprint density at radius 3 is 2.11 bits per heavy atom. The first-order chi connectivity index (χ1) is 13.5. The van der Waals surface area contributed by atoms with Gasteiger partial charge in [0.2, 0.25) is 0 Å². The fourth-order valence-electron chi connectivity index (χ4n) is 3.44. The summed E-state index contributed by atoms with van der Waals surface area (Å²) >= 11 is 0. The zero-order chi connectivity index (χ0) is 19.8. The molecule has 5 nitrogen and oxygen atoms in total. The largest absolute Gasteiger partial charge is 0.301 e. The van der Waals surface area contributed by atoms with Gasteiger partial charge in [0.25, 0.3) is 10.1 Å². The minimum Gasteiger partial charge on any atom is -0.301 e. The van der Waals surface area contributed by atoms with Crippen LogP contribution in [0.15, 0.2) is 59.5 Å². The van der Waals surface area contributed by atoms with E-state index < -0.39 is 10.1 Å². The normalized spacial score (nSPS) is 16.3. The van der Waals surface area contributed by atoms with E-state index in [2.05, 4.69) is 40.1 Å². The van der Waals surface area contributed by atoms with Gasteiger partial charge in [-0.15, -0.1) is 0 Å². The monoisotopic (exact) mass is 402 g/mol. The van der Waals surface area contributed by atoms with E-state index in [4.69, 9.17) is 4.18 Å². The van der Waals surface area contributed by atoms with Crippen LogP contribution in [0.5, 0.6) is 0 Å². The van der Waals surface area contributed by atoms with Crippen molar-refractivity contribution >= 4 is 10.1 Å². The van der Waals surface area contributed by atoms with Crippen molar-refractivity contribution in [2.75, 3.05) is 45.9 Å². The molecule has 2 aromatic carbocycles. The number of piperazine rings is 1. The summed E-state index contributed by atoms with van der Waals surface area (Å²) in [5, 5.41) is 0. The van der Waals surface area contributed by atoms with E-state index in [0.29, 0.717) is 6.54 Å². The fourth-order valence-corrected chi connectivity index (χ4v) is 4.34. The van der Waals surface area contributed by atoms with Crippen molar-refractivity contribution in [3.05, 3.63) is 65.7 Å². The van der Waals surface area contributed by atoms with Crippen LogP contribution in [0.1, 0.15) is 17.5 Å². The lowest BCUT2D eigenvalue weighted by Gasteiger charge is -2.34. The Morgan fingerprint density at radius 1 is 0.857 bits per heavy atom. The molecular formula is C22H30N2O3S. The molecule has 0 unspecified atom stereocenters. The second kappa shape index (κ2) is 10.2. The third kappa shape index (κ3) is 6.41. The van der Waals surface area contributed by atoms with Crippen LogP contribution in [0.2, 0.25) is 0 Å². The molecule has 3 rings (SSSR count). The van der Waals surface area contributed by atoms with Crippen LogP contribution in [-0.2, 0) is 20.7 Å². The van der Waals surface area contributed by atoms with E-state index in [0.717, 1.165) is 44.7 Å². The number of benzene rings is 2. The quantitative estimate of drug-likeness (QED) is 0.604. The Labute approximate surface area is 169 Å². The summed E-state index contributed by atoms with van der Waals surface area (Å²) in [6.45, 7) is 7.85. The smallest absolute Gasteiger partial charge is 0.297 e. The highest BCUT2D eigenvalue weighted by molar-refractivity contribution is 7.86. The minimum atomic E-state index is -3.66. The minimum absolute atomic E-state index is 0.199. The predicted molar refractivity (Wildman–Crippen MR) is 112 cm³/mol. The fraction of sp³-hybridized carbons (Fsp3) is 0.455. The summed E-state index contributed by atoms with van der Waals surface area (Å²) in [7, 11) is -3.66. The summed E-state index contributed by atoms with van der Waals surface area (Å²) in [6.07, 6.45) is 2.29. The lowest BCUT2D eigenvalue weighted by Crippen LogP contribution is -2.47. The van der Waals surface area contributed by atoms with E-state index in [1.807, 2.05) is 6.92 Å². The average Bonchev–Trinajstić information content (AvgIpc) is 2.70. The van der Waals surface area contributed by atoms with E-state index >= 15 is 0 Å². The van der Waals surface area contributed by atoms with Crippen molar-refractivity contribution in [3.8, 4) is 0 Å². The molecular weight excluding hydrogens is 372 g/mol. The van der Waals surface area contributed by atoms with Crippen LogP contribution in [0.25, 0.3) is 0 Å². The summed E-state index contributed by atoms with van der Waals surface area (Å²) in [5.41, 5.74) is 2.42. The zero-order valence-corrected chi connectivity index (χ0v) is 17.4. The molecule has 152 valence electrons. The van der Waals surface area contributed by atoms with Crippen molar-refractivity contribution in [2.24, 2.45) is 0 Å². The van der Waals surface area contributed by atoms with Gasteiger partial charge in [-0.1, -0.05) is 48.0 Å². The maximum atomic E-state index is 12.2. The predicted octanol–water partition coefficient (Wildman–Crippen LogP) is 2.95. The van der Waals surface area contributed by atoms with Crippen LogP contribution >= 0.6 is 0 Å². The Kier molecular flexibility index (Phi) is 7.62. The van der Waals surface area contributed by atoms with Crippen molar-refractivity contribution in [1.82, 2.24) is 9.80 Å². The molecule has 0 spiro atoms. The first-order valence-electron chi connectivity index (χ1n) is 9.98. The molecule has 0 atom stereocenters. The second-order valence-corrected chi connectivity index (χ2v) is 8.98. The molecule has 1 aliphatic heterocycles. The molecule has 28 heavy (non-hydrogen) atoms. The lowest BCUT2D eigenvalue weighted by atomic mass is 10.1. The molecule has 0 aromatic heterocycles. The number of nitrogens with zero attached hydrogens (tertiary/aromatic N) is 2. The number of hydrogen-bond donors (Lipinski definition) is 0. The maximum absolute atomic E-state index is 12.2. The van der Waals surface area contributed by atoms with Gasteiger partial charge in [-0.05, 0) is 44.0 Å². The van der Waals surface area contributed by atoms with Gasteiger partial charge in [-0.2, -0.15) is 8.42 Å². The van der Waals surface area contributed by atoms with Crippen molar-refractivity contribution in [3.63, 3.8) is 0 Å². The van der Waals surface area contributed by atoms with Gasteiger partial charge in [0.15, 0.2) is 0 Å².